The zero-order valence-electron chi connectivity index (χ0n) is 16.5. The van der Waals surface area contributed by atoms with E-state index in [-0.39, 0.29) is 0 Å². The SMILES string of the molecule is COC(=O)C(Nc1cc(C)nc2nc(-c3ccccc3C)nn12)c1ccccc1. The van der Waals surface area contributed by atoms with E-state index in [4.69, 9.17) is 4.74 Å². The summed E-state index contributed by atoms with van der Waals surface area (Å²) in [6.45, 7) is 3.89. The Hall–Kier alpha value is -3.74. The number of aromatic nitrogens is 4. The van der Waals surface area contributed by atoms with E-state index in [1.54, 1.807) is 4.52 Å². The molecule has 0 fully saturated rings. The van der Waals surface area contributed by atoms with Crippen LogP contribution in [0.2, 0.25) is 0 Å². The number of nitrogens with zero attached hydrogens (tertiary/aromatic N) is 4. The van der Waals surface area contributed by atoms with Gasteiger partial charge in [-0.3, -0.25) is 0 Å². The Kier molecular flexibility index (Phi) is 4.95. The Bertz CT molecular complexity index is 1170. The van der Waals surface area contributed by atoms with Crippen molar-refractivity contribution in [1.29, 1.82) is 0 Å². The molecule has 0 saturated carbocycles. The third-order valence-electron chi connectivity index (χ3n) is 4.69. The molecular weight excluding hydrogens is 366 g/mol. The fourth-order valence-corrected chi connectivity index (χ4v) is 3.22. The summed E-state index contributed by atoms with van der Waals surface area (Å²) < 4.78 is 6.63. The lowest BCUT2D eigenvalue weighted by Crippen LogP contribution is -2.23. The zero-order valence-corrected chi connectivity index (χ0v) is 16.5. The summed E-state index contributed by atoms with van der Waals surface area (Å²) in [6, 6.07) is 18.5. The zero-order chi connectivity index (χ0) is 20.4. The topological polar surface area (TPSA) is 81.4 Å². The molecule has 29 heavy (non-hydrogen) atoms. The van der Waals surface area contributed by atoms with Crippen LogP contribution in [0.1, 0.15) is 22.9 Å². The van der Waals surface area contributed by atoms with Crippen LogP contribution in [0.3, 0.4) is 0 Å². The molecule has 1 atom stereocenters. The largest absolute Gasteiger partial charge is 0.467 e. The van der Waals surface area contributed by atoms with Crippen LogP contribution >= 0.6 is 0 Å². The normalized spacial score (nSPS) is 12.0. The third kappa shape index (κ3) is 3.67. The summed E-state index contributed by atoms with van der Waals surface area (Å²) in [5, 5.41) is 7.90. The molecule has 0 radical (unpaired) electrons. The average Bonchev–Trinajstić information content (AvgIpc) is 3.16. The summed E-state index contributed by atoms with van der Waals surface area (Å²) >= 11 is 0. The molecule has 0 spiro atoms. The van der Waals surface area contributed by atoms with E-state index in [1.165, 1.54) is 7.11 Å². The van der Waals surface area contributed by atoms with Gasteiger partial charge in [0.25, 0.3) is 5.78 Å². The van der Waals surface area contributed by atoms with Crippen molar-refractivity contribution >= 4 is 17.6 Å². The highest BCUT2D eigenvalue weighted by Crippen LogP contribution is 2.24. The van der Waals surface area contributed by atoms with Crippen LogP contribution < -0.4 is 5.32 Å². The lowest BCUT2D eigenvalue weighted by atomic mass is 10.1. The Labute approximate surface area is 168 Å². The number of esters is 1. The van der Waals surface area contributed by atoms with Crippen LogP contribution in [0.4, 0.5) is 5.82 Å². The third-order valence-corrected chi connectivity index (χ3v) is 4.69. The second-order valence-corrected chi connectivity index (χ2v) is 6.76. The molecule has 0 aliphatic heterocycles. The van der Waals surface area contributed by atoms with Crippen molar-refractivity contribution in [3.63, 3.8) is 0 Å². The number of nitrogens with one attached hydrogen (secondary N) is 1. The number of hydrogen-bond donors (Lipinski definition) is 1. The van der Waals surface area contributed by atoms with E-state index in [0.717, 1.165) is 22.4 Å². The van der Waals surface area contributed by atoms with Crippen molar-refractivity contribution in [2.75, 3.05) is 12.4 Å². The van der Waals surface area contributed by atoms with Gasteiger partial charge in [-0.1, -0.05) is 54.6 Å². The summed E-state index contributed by atoms with van der Waals surface area (Å²) in [4.78, 5) is 21.5. The summed E-state index contributed by atoms with van der Waals surface area (Å²) in [7, 11) is 1.37. The molecule has 1 unspecified atom stereocenters. The number of anilines is 1. The molecule has 0 aliphatic rings. The highest BCUT2D eigenvalue weighted by atomic mass is 16.5. The molecule has 0 bridgehead atoms. The number of aryl methyl sites for hydroxylation is 2. The molecule has 1 N–H and O–H groups in total. The minimum atomic E-state index is -0.683. The number of benzene rings is 2. The highest BCUT2D eigenvalue weighted by molar-refractivity contribution is 5.80. The molecule has 7 heteroatoms. The number of fused-ring (bicyclic) bond motifs is 1. The van der Waals surface area contributed by atoms with Crippen molar-refractivity contribution in [2.24, 2.45) is 0 Å². The van der Waals surface area contributed by atoms with Gasteiger partial charge in [-0.05, 0) is 25.0 Å². The summed E-state index contributed by atoms with van der Waals surface area (Å²) in [5.74, 6) is 1.26. The van der Waals surface area contributed by atoms with Gasteiger partial charge in [0.1, 0.15) is 5.82 Å². The number of hydrogen-bond acceptors (Lipinski definition) is 6. The van der Waals surface area contributed by atoms with E-state index < -0.39 is 12.0 Å². The minimum Gasteiger partial charge on any atom is -0.467 e. The number of ether oxygens (including phenoxy) is 1. The number of carbonyl (C=O) groups excluding carboxylic acids is 1. The maximum atomic E-state index is 12.5. The number of carbonyl (C=O) groups is 1. The van der Waals surface area contributed by atoms with Gasteiger partial charge in [-0.25, -0.2) is 9.78 Å². The Balaban J connectivity index is 1.80. The van der Waals surface area contributed by atoms with Crippen molar-refractivity contribution in [3.8, 4) is 11.4 Å². The molecule has 0 saturated heterocycles. The molecule has 7 nitrogen and oxygen atoms in total. The molecule has 2 aromatic heterocycles. The van der Waals surface area contributed by atoms with Gasteiger partial charge in [0.15, 0.2) is 11.9 Å². The second-order valence-electron chi connectivity index (χ2n) is 6.76. The molecule has 2 aromatic carbocycles. The van der Waals surface area contributed by atoms with Crippen LogP contribution in [0.5, 0.6) is 0 Å². The Morgan fingerprint density at radius 3 is 2.48 bits per heavy atom. The van der Waals surface area contributed by atoms with Gasteiger partial charge < -0.3 is 10.1 Å². The predicted octanol–water partition coefficient (Wildman–Crippen LogP) is 3.73. The molecule has 4 rings (SSSR count). The van der Waals surface area contributed by atoms with E-state index >= 15 is 0 Å². The first-order valence-electron chi connectivity index (χ1n) is 9.26. The fraction of sp³-hybridized carbons (Fsp3) is 0.182. The van der Waals surface area contributed by atoms with Crippen molar-refractivity contribution in [2.45, 2.75) is 19.9 Å². The Morgan fingerprint density at radius 2 is 1.76 bits per heavy atom. The van der Waals surface area contributed by atoms with Gasteiger partial charge in [0, 0.05) is 17.3 Å². The molecule has 146 valence electrons. The van der Waals surface area contributed by atoms with Gasteiger partial charge in [-0.15, -0.1) is 5.10 Å². The second kappa shape index (κ2) is 7.71. The molecular formula is C22H21N5O2. The maximum absolute atomic E-state index is 12.5. The van der Waals surface area contributed by atoms with Gasteiger partial charge >= 0.3 is 5.97 Å². The fourth-order valence-electron chi connectivity index (χ4n) is 3.22. The molecule has 0 aliphatic carbocycles. The first-order valence-corrected chi connectivity index (χ1v) is 9.26. The monoisotopic (exact) mass is 387 g/mol. The summed E-state index contributed by atoms with van der Waals surface area (Å²) in [5.41, 5.74) is 3.57. The van der Waals surface area contributed by atoms with Crippen LogP contribution in [-0.4, -0.2) is 32.7 Å². The van der Waals surface area contributed by atoms with E-state index in [0.29, 0.717) is 17.4 Å². The van der Waals surface area contributed by atoms with Crippen LogP contribution in [-0.2, 0) is 9.53 Å². The minimum absolute atomic E-state index is 0.391. The van der Waals surface area contributed by atoms with Crippen molar-refractivity contribution in [3.05, 3.63) is 77.5 Å². The predicted molar refractivity (Wildman–Crippen MR) is 111 cm³/mol. The van der Waals surface area contributed by atoms with Crippen molar-refractivity contribution < 1.29 is 9.53 Å². The van der Waals surface area contributed by atoms with E-state index in [1.807, 2.05) is 74.5 Å². The van der Waals surface area contributed by atoms with Gasteiger partial charge in [-0.2, -0.15) is 9.50 Å². The van der Waals surface area contributed by atoms with Crippen LogP contribution in [0.15, 0.2) is 60.7 Å². The Morgan fingerprint density at radius 1 is 1.03 bits per heavy atom. The highest BCUT2D eigenvalue weighted by Gasteiger charge is 2.23. The van der Waals surface area contributed by atoms with Crippen LogP contribution in [0.25, 0.3) is 17.2 Å². The van der Waals surface area contributed by atoms with E-state index in [9.17, 15) is 4.79 Å². The lowest BCUT2D eigenvalue weighted by molar-refractivity contribution is -0.141. The quantitative estimate of drug-likeness (QED) is 0.526. The van der Waals surface area contributed by atoms with Gasteiger partial charge in [0.2, 0.25) is 0 Å². The molecule has 2 heterocycles. The molecule has 4 aromatic rings. The summed E-state index contributed by atoms with van der Waals surface area (Å²) in [6.07, 6.45) is 0. The van der Waals surface area contributed by atoms with Crippen molar-refractivity contribution in [1.82, 2.24) is 19.6 Å². The van der Waals surface area contributed by atoms with E-state index in [2.05, 4.69) is 20.4 Å². The number of methoxy groups -OCH3 is 1. The molecule has 0 amide bonds. The first kappa shape index (κ1) is 18.6. The first-order chi connectivity index (χ1) is 14.1. The smallest absolute Gasteiger partial charge is 0.333 e. The standard InChI is InChI=1S/C22H21N5O2/c1-14-9-7-8-12-17(14)20-25-22-23-15(2)13-18(27(22)26-20)24-19(21(28)29-3)16-10-5-4-6-11-16/h4-13,19,24H,1-3H3. The number of rotatable bonds is 5. The lowest BCUT2D eigenvalue weighted by Gasteiger charge is -2.18. The maximum Gasteiger partial charge on any atom is 0.333 e. The average molecular weight is 387 g/mol. The van der Waals surface area contributed by atoms with Crippen LogP contribution in [0, 0.1) is 13.8 Å². The van der Waals surface area contributed by atoms with Gasteiger partial charge in [0.05, 0.1) is 7.11 Å².